The van der Waals surface area contributed by atoms with Crippen molar-refractivity contribution >= 4 is 5.91 Å². The van der Waals surface area contributed by atoms with Crippen LogP contribution in [-0.4, -0.2) is 51.7 Å². The number of nitrogens with one attached hydrogen (secondary N) is 1. The van der Waals surface area contributed by atoms with Gasteiger partial charge >= 0.3 is 0 Å². The smallest absolute Gasteiger partial charge is 0.220 e. The third kappa shape index (κ3) is 6.61. The Hall–Kier alpha value is -2.53. The van der Waals surface area contributed by atoms with E-state index in [1.165, 1.54) is 5.56 Å². The highest BCUT2D eigenvalue weighted by molar-refractivity contribution is 5.76. The summed E-state index contributed by atoms with van der Waals surface area (Å²) in [5.41, 5.74) is 2.33. The maximum absolute atomic E-state index is 12.3. The van der Waals surface area contributed by atoms with Crippen LogP contribution in [0, 0.1) is 0 Å². The lowest BCUT2D eigenvalue weighted by molar-refractivity contribution is -0.121. The molecule has 27 heavy (non-hydrogen) atoms. The second kappa shape index (κ2) is 10.6. The molecule has 2 aromatic rings. The number of benzene rings is 2. The fourth-order valence-corrected chi connectivity index (χ4v) is 2.94. The van der Waals surface area contributed by atoms with Gasteiger partial charge in [-0.15, -0.1) is 0 Å². The van der Waals surface area contributed by atoms with E-state index in [4.69, 9.17) is 9.47 Å². The highest BCUT2D eigenvalue weighted by atomic mass is 16.5. The number of rotatable bonds is 10. The molecule has 0 saturated carbocycles. The van der Waals surface area contributed by atoms with Gasteiger partial charge < -0.3 is 19.7 Å². The summed E-state index contributed by atoms with van der Waals surface area (Å²) in [6.45, 7) is 0.632. The van der Waals surface area contributed by atoms with Gasteiger partial charge in [-0.25, -0.2) is 0 Å². The van der Waals surface area contributed by atoms with Crippen LogP contribution in [0.1, 0.15) is 17.5 Å². The van der Waals surface area contributed by atoms with Gasteiger partial charge in [-0.1, -0.05) is 36.4 Å². The van der Waals surface area contributed by atoms with E-state index in [0.29, 0.717) is 30.9 Å². The number of likely N-dealkylation sites (N-methyl/N-ethyl adjacent to an activating group) is 1. The van der Waals surface area contributed by atoms with Crippen LogP contribution in [-0.2, 0) is 17.6 Å². The number of methoxy groups -OCH3 is 2. The molecule has 1 amide bonds. The molecule has 0 saturated heterocycles. The molecule has 1 N–H and O–H groups in total. The minimum atomic E-state index is 0.0599. The summed E-state index contributed by atoms with van der Waals surface area (Å²) < 4.78 is 10.6. The minimum Gasteiger partial charge on any atom is -0.493 e. The van der Waals surface area contributed by atoms with Crippen molar-refractivity contribution in [3.05, 3.63) is 59.7 Å². The summed E-state index contributed by atoms with van der Waals surface area (Å²) in [4.78, 5) is 14.4. The van der Waals surface area contributed by atoms with Gasteiger partial charge in [0, 0.05) is 19.0 Å². The van der Waals surface area contributed by atoms with Gasteiger partial charge in [0.05, 0.1) is 14.2 Å². The van der Waals surface area contributed by atoms with Crippen molar-refractivity contribution < 1.29 is 14.3 Å². The Morgan fingerprint density at radius 2 is 1.70 bits per heavy atom. The second-order valence-corrected chi connectivity index (χ2v) is 6.80. The first-order valence-electron chi connectivity index (χ1n) is 9.21. The molecule has 2 rings (SSSR count). The fraction of sp³-hybridized carbons (Fsp3) is 0.409. The molecule has 5 heteroatoms. The molecular weight excluding hydrogens is 340 g/mol. The van der Waals surface area contributed by atoms with Crippen LogP contribution in [0.25, 0.3) is 0 Å². The van der Waals surface area contributed by atoms with Crippen LogP contribution in [0.5, 0.6) is 11.5 Å². The minimum absolute atomic E-state index is 0.0599. The molecular formula is C22H30N2O3. The van der Waals surface area contributed by atoms with Gasteiger partial charge in [0.25, 0.3) is 0 Å². The van der Waals surface area contributed by atoms with Crippen LogP contribution in [0.2, 0.25) is 0 Å². The van der Waals surface area contributed by atoms with Crippen molar-refractivity contribution in [2.24, 2.45) is 0 Å². The van der Waals surface area contributed by atoms with E-state index in [0.717, 1.165) is 12.0 Å². The Bertz CT molecular complexity index is 717. The molecule has 0 aliphatic carbocycles. The number of aryl methyl sites for hydroxylation is 1. The topological polar surface area (TPSA) is 50.8 Å². The van der Waals surface area contributed by atoms with E-state index in [9.17, 15) is 4.79 Å². The number of hydrogen-bond acceptors (Lipinski definition) is 4. The summed E-state index contributed by atoms with van der Waals surface area (Å²) >= 11 is 0. The zero-order valence-corrected chi connectivity index (χ0v) is 16.7. The molecule has 0 fully saturated rings. The quantitative estimate of drug-likeness (QED) is 0.699. The van der Waals surface area contributed by atoms with Crippen LogP contribution >= 0.6 is 0 Å². The molecule has 0 aliphatic rings. The highest BCUT2D eigenvalue weighted by Gasteiger charge is 2.14. The van der Waals surface area contributed by atoms with E-state index in [2.05, 4.69) is 22.3 Å². The van der Waals surface area contributed by atoms with E-state index in [1.807, 2.05) is 50.5 Å². The van der Waals surface area contributed by atoms with Crippen LogP contribution in [0.15, 0.2) is 48.5 Å². The molecule has 0 spiro atoms. The van der Waals surface area contributed by atoms with Gasteiger partial charge in [-0.05, 0) is 50.2 Å². The van der Waals surface area contributed by atoms with Gasteiger partial charge in [-0.2, -0.15) is 0 Å². The van der Waals surface area contributed by atoms with Crippen LogP contribution in [0.3, 0.4) is 0 Å². The maximum atomic E-state index is 12.3. The lowest BCUT2D eigenvalue weighted by Crippen LogP contribution is -2.41. The SMILES string of the molecule is COc1ccc(CCC(=O)NCC(Cc2ccccc2)N(C)C)cc1OC. The molecule has 0 aliphatic heterocycles. The van der Waals surface area contributed by atoms with Crippen molar-refractivity contribution in [3.8, 4) is 11.5 Å². The van der Waals surface area contributed by atoms with E-state index in [1.54, 1.807) is 14.2 Å². The molecule has 0 radical (unpaired) electrons. The first kappa shape index (κ1) is 20.8. The first-order valence-corrected chi connectivity index (χ1v) is 9.21. The molecule has 1 unspecified atom stereocenters. The van der Waals surface area contributed by atoms with Gasteiger partial charge in [0.2, 0.25) is 5.91 Å². The highest BCUT2D eigenvalue weighted by Crippen LogP contribution is 2.27. The van der Waals surface area contributed by atoms with Crippen molar-refractivity contribution in [1.82, 2.24) is 10.2 Å². The number of carbonyl (C=O) groups is 1. The molecule has 2 aromatic carbocycles. The fourth-order valence-electron chi connectivity index (χ4n) is 2.94. The van der Waals surface area contributed by atoms with Crippen molar-refractivity contribution in [1.29, 1.82) is 0 Å². The van der Waals surface area contributed by atoms with Gasteiger partial charge in [-0.3, -0.25) is 4.79 Å². The summed E-state index contributed by atoms with van der Waals surface area (Å²) in [5, 5.41) is 3.07. The zero-order chi connectivity index (χ0) is 19.6. The van der Waals surface area contributed by atoms with Crippen LogP contribution in [0.4, 0.5) is 0 Å². The average molecular weight is 370 g/mol. The standard InChI is InChI=1S/C22H30N2O3/c1-24(2)19(14-17-8-6-5-7-9-17)16-23-22(25)13-11-18-10-12-20(26-3)21(15-18)27-4/h5-10,12,15,19H,11,13-14,16H2,1-4H3,(H,23,25). The number of amides is 1. The monoisotopic (exact) mass is 370 g/mol. The predicted molar refractivity (Wildman–Crippen MR) is 108 cm³/mol. The Kier molecular flexibility index (Phi) is 8.14. The summed E-state index contributed by atoms with van der Waals surface area (Å²) in [7, 11) is 7.32. The first-order chi connectivity index (χ1) is 13.0. The number of ether oxygens (including phenoxy) is 2. The summed E-state index contributed by atoms with van der Waals surface area (Å²) in [5.74, 6) is 1.44. The van der Waals surface area contributed by atoms with Crippen molar-refractivity contribution in [2.45, 2.75) is 25.3 Å². The average Bonchev–Trinajstić information content (AvgIpc) is 2.69. The van der Waals surface area contributed by atoms with Crippen LogP contribution < -0.4 is 14.8 Å². The largest absolute Gasteiger partial charge is 0.493 e. The van der Waals surface area contributed by atoms with E-state index in [-0.39, 0.29) is 11.9 Å². The molecule has 1 atom stereocenters. The summed E-state index contributed by atoms with van der Waals surface area (Å²) in [6.07, 6.45) is 2.02. The van der Waals surface area contributed by atoms with Crippen molar-refractivity contribution in [3.63, 3.8) is 0 Å². The van der Waals surface area contributed by atoms with Gasteiger partial charge in [0.1, 0.15) is 0 Å². The lowest BCUT2D eigenvalue weighted by atomic mass is 10.0. The summed E-state index contributed by atoms with van der Waals surface area (Å²) in [6, 6.07) is 16.4. The zero-order valence-electron chi connectivity index (χ0n) is 16.7. The Labute approximate surface area is 162 Å². The molecule has 0 aromatic heterocycles. The number of nitrogens with zero attached hydrogens (tertiary/aromatic N) is 1. The predicted octanol–water partition coefficient (Wildman–Crippen LogP) is 2.93. The Morgan fingerprint density at radius 1 is 1.00 bits per heavy atom. The molecule has 0 heterocycles. The third-order valence-corrected chi connectivity index (χ3v) is 4.67. The number of hydrogen-bond donors (Lipinski definition) is 1. The Balaban J connectivity index is 1.83. The van der Waals surface area contributed by atoms with Crippen molar-refractivity contribution in [2.75, 3.05) is 34.9 Å². The molecule has 146 valence electrons. The third-order valence-electron chi connectivity index (χ3n) is 4.67. The molecule has 0 bridgehead atoms. The molecule has 5 nitrogen and oxygen atoms in total. The normalized spacial score (nSPS) is 11.9. The maximum Gasteiger partial charge on any atom is 0.220 e. The van der Waals surface area contributed by atoms with Gasteiger partial charge in [0.15, 0.2) is 11.5 Å². The number of carbonyl (C=O) groups excluding carboxylic acids is 1. The second-order valence-electron chi connectivity index (χ2n) is 6.80. The lowest BCUT2D eigenvalue weighted by Gasteiger charge is -2.24. The Morgan fingerprint density at radius 3 is 2.33 bits per heavy atom. The van der Waals surface area contributed by atoms with E-state index >= 15 is 0 Å². The van der Waals surface area contributed by atoms with E-state index < -0.39 is 0 Å².